The van der Waals surface area contributed by atoms with E-state index in [1.54, 1.807) is 6.26 Å². The van der Waals surface area contributed by atoms with E-state index < -0.39 is 0 Å². The van der Waals surface area contributed by atoms with Crippen molar-refractivity contribution in [2.45, 2.75) is 56.8 Å². The summed E-state index contributed by atoms with van der Waals surface area (Å²) in [6, 6.07) is 15.0. The Morgan fingerprint density at radius 1 is 1.07 bits per heavy atom. The van der Waals surface area contributed by atoms with Crippen LogP contribution < -0.4 is 5.32 Å². The molecule has 1 aliphatic heterocycles. The number of nitrogens with zero attached hydrogens (tertiary/aromatic N) is 3. The minimum absolute atomic E-state index is 0.0378. The molecule has 0 aromatic carbocycles. The average molecular weight is 407 g/mol. The fourth-order valence-electron chi connectivity index (χ4n) is 4.84. The van der Waals surface area contributed by atoms with E-state index in [-0.39, 0.29) is 12.1 Å². The first-order valence-corrected chi connectivity index (χ1v) is 10.9. The molecule has 5 nitrogen and oxygen atoms in total. The normalized spacial score (nSPS) is 22.8. The molecule has 0 unspecified atom stereocenters. The maximum absolute atomic E-state index is 5.87. The highest BCUT2D eigenvalue weighted by atomic mass is 32.1. The Morgan fingerprint density at radius 3 is 2.72 bits per heavy atom. The topological polar surface area (TPSA) is 46.2 Å². The molecule has 6 heteroatoms. The number of rotatable bonds is 5. The highest BCUT2D eigenvalue weighted by molar-refractivity contribution is 7.80. The van der Waals surface area contributed by atoms with Crippen LogP contribution in [0, 0.1) is 0 Å². The quantitative estimate of drug-likeness (QED) is 0.615. The van der Waals surface area contributed by atoms with Gasteiger partial charge in [-0.2, -0.15) is 0 Å². The molecule has 1 saturated carbocycles. The number of hydrogen-bond donors (Lipinski definition) is 1. The van der Waals surface area contributed by atoms with Crippen molar-refractivity contribution in [3.63, 3.8) is 0 Å². The van der Waals surface area contributed by atoms with Crippen LogP contribution in [0.15, 0.2) is 65.5 Å². The molecule has 0 amide bonds. The molecule has 1 N–H and O–H groups in total. The van der Waals surface area contributed by atoms with Gasteiger partial charge in [0.1, 0.15) is 5.76 Å². The van der Waals surface area contributed by atoms with Crippen LogP contribution in [0.3, 0.4) is 0 Å². The van der Waals surface area contributed by atoms with Crippen LogP contribution in [0.2, 0.25) is 0 Å². The van der Waals surface area contributed by atoms with Crippen molar-refractivity contribution in [2.75, 3.05) is 0 Å². The van der Waals surface area contributed by atoms with Crippen molar-refractivity contribution in [3.05, 3.63) is 78.3 Å². The molecule has 0 radical (unpaired) electrons. The van der Waals surface area contributed by atoms with E-state index in [9.17, 15) is 0 Å². The van der Waals surface area contributed by atoms with Crippen molar-refractivity contribution < 1.29 is 4.42 Å². The summed E-state index contributed by atoms with van der Waals surface area (Å²) in [4.78, 5) is 7.12. The molecule has 3 aromatic heterocycles. The summed E-state index contributed by atoms with van der Waals surface area (Å²) < 4.78 is 7.89. The summed E-state index contributed by atoms with van der Waals surface area (Å²) in [6.45, 7) is 0.714. The van der Waals surface area contributed by atoms with Gasteiger partial charge in [0.05, 0.1) is 30.6 Å². The zero-order valence-corrected chi connectivity index (χ0v) is 17.2. The van der Waals surface area contributed by atoms with E-state index in [0.29, 0.717) is 12.6 Å². The third-order valence-corrected chi connectivity index (χ3v) is 6.51. The second kappa shape index (κ2) is 8.03. The monoisotopic (exact) mass is 406 g/mol. The van der Waals surface area contributed by atoms with E-state index in [1.165, 1.54) is 37.8 Å². The Morgan fingerprint density at radius 2 is 1.97 bits per heavy atom. The molecule has 1 aliphatic carbocycles. The lowest BCUT2D eigenvalue weighted by Crippen LogP contribution is -2.40. The van der Waals surface area contributed by atoms with Gasteiger partial charge in [0.2, 0.25) is 0 Å². The van der Waals surface area contributed by atoms with Crippen molar-refractivity contribution in [2.24, 2.45) is 0 Å². The lowest BCUT2D eigenvalue weighted by molar-refractivity contribution is 0.191. The first kappa shape index (κ1) is 18.4. The lowest BCUT2D eigenvalue weighted by atomic mass is 9.92. The van der Waals surface area contributed by atoms with Gasteiger partial charge in [-0.15, -0.1) is 0 Å². The second-order valence-corrected chi connectivity index (χ2v) is 8.35. The van der Waals surface area contributed by atoms with E-state index >= 15 is 0 Å². The third kappa shape index (κ3) is 3.57. The minimum Gasteiger partial charge on any atom is -0.467 e. The average Bonchev–Trinajstić information content (AvgIpc) is 3.50. The zero-order chi connectivity index (χ0) is 19.6. The van der Waals surface area contributed by atoms with Gasteiger partial charge in [0, 0.05) is 24.1 Å². The minimum atomic E-state index is 0.0378. The Bertz CT molecular complexity index is 946. The van der Waals surface area contributed by atoms with E-state index in [1.807, 2.05) is 24.4 Å². The zero-order valence-electron chi connectivity index (χ0n) is 16.4. The van der Waals surface area contributed by atoms with Gasteiger partial charge >= 0.3 is 0 Å². The van der Waals surface area contributed by atoms with Gasteiger partial charge in [0.25, 0.3) is 0 Å². The summed E-state index contributed by atoms with van der Waals surface area (Å²) in [6.07, 6.45) is 12.0. The number of nitrogens with one attached hydrogen (secondary N) is 1. The molecular weight excluding hydrogens is 380 g/mol. The van der Waals surface area contributed by atoms with Crippen molar-refractivity contribution >= 4 is 17.3 Å². The predicted molar refractivity (Wildman–Crippen MR) is 116 cm³/mol. The maximum Gasteiger partial charge on any atom is 0.170 e. The highest BCUT2D eigenvalue weighted by Gasteiger charge is 2.44. The van der Waals surface area contributed by atoms with Crippen LogP contribution in [0.25, 0.3) is 0 Å². The maximum atomic E-state index is 5.87. The third-order valence-electron chi connectivity index (χ3n) is 6.18. The fourth-order valence-corrected chi connectivity index (χ4v) is 5.23. The molecule has 29 heavy (non-hydrogen) atoms. The highest BCUT2D eigenvalue weighted by Crippen LogP contribution is 2.42. The van der Waals surface area contributed by atoms with Crippen LogP contribution >= 0.6 is 12.2 Å². The Balaban J connectivity index is 1.55. The standard InChI is InChI=1S/C23H26N4OS/c29-23-25-21(19-11-4-5-13-24-19)22(27(23)17-8-2-1-3-9-17)20-12-6-14-26(20)16-18-10-7-15-28-18/h4-7,10-15,17,21-22H,1-3,8-9,16H2,(H,25,29)/t21-,22-/m0/s1. The SMILES string of the molecule is S=C1N[C@@H](c2ccccn2)[C@H](c2cccn2Cc2ccco2)N1C1CCCCC1. The summed E-state index contributed by atoms with van der Waals surface area (Å²) in [7, 11) is 0. The van der Waals surface area contributed by atoms with Crippen LogP contribution in [0.4, 0.5) is 0 Å². The fraction of sp³-hybridized carbons (Fsp3) is 0.391. The Kier molecular flexibility index (Phi) is 5.10. The molecular formula is C23H26N4OS. The van der Waals surface area contributed by atoms with Gasteiger partial charge in [-0.05, 0) is 61.5 Å². The molecule has 2 aliphatic rings. The molecule has 150 valence electrons. The van der Waals surface area contributed by atoms with Crippen LogP contribution in [0.5, 0.6) is 0 Å². The Labute approximate surface area is 176 Å². The van der Waals surface area contributed by atoms with Crippen molar-refractivity contribution in [1.82, 2.24) is 19.8 Å². The molecule has 0 bridgehead atoms. The van der Waals surface area contributed by atoms with Crippen molar-refractivity contribution in [1.29, 1.82) is 0 Å². The van der Waals surface area contributed by atoms with Gasteiger partial charge in [0.15, 0.2) is 5.11 Å². The summed E-state index contributed by atoms with van der Waals surface area (Å²) in [5.41, 5.74) is 2.28. The van der Waals surface area contributed by atoms with Crippen LogP contribution in [-0.4, -0.2) is 25.6 Å². The molecule has 3 aromatic rings. The van der Waals surface area contributed by atoms with E-state index in [4.69, 9.17) is 16.6 Å². The van der Waals surface area contributed by atoms with Gasteiger partial charge < -0.3 is 19.2 Å². The van der Waals surface area contributed by atoms with E-state index in [0.717, 1.165) is 16.6 Å². The molecule has 1 saturated heterocycles. The van der Waals surface area contributed by atoms with Crippen LogP contribution in [0.1, 0.15) is 61.3 Å². The first-order valence-electron chi connectivity index (χ1n) is 10.5. The first-order chi connectivity index (χ1) is 14.3. The number of pyridine rings is 1. The molecule has 2 fully saturated rings. The predicted octanol–water partition coefficient (Wildman–Crippen LogP) is 4.83. The smallest absolute Gasteiger partial charge is 0.170 e. The summed E-state index contributed by atoms with van der Waals surface area (Å²) in [5.74, 6) is 0.953. The number of aromatic nitrogens is 2. The summed E-state index contributed by atoms with van der Waals surface area (Å²) >= 11 is 5.87. The molecule has 0 spiro atoms. The molecule has 2 atom stereocenters. The van der Waals surface area contributed by atoms with Crippen molar-refractivity contribution in [3.8, 4) is 0 Å². The van der Waals surface area contributed by atoms with Gasteiger partial charge in [-0.1, -0.05) is 25.3 Å². The molecule has 5 rings (SSSR count). The second-order valence-electron chi connectivity index (χ2n) is 7.97. The summed E-state index contributed by atoms with van der Waals surface area (Å²) in [5, 5.41) is 4.45. The number of furan rings is 1. The molecule has 4 heterocycles. The van der Waals surface area contributed by atoms with Crippen LogP contribution in [-0.2, 0) is 6.54 Å². The Hall–Kier alpha value is -2.60. The van der Waals surface area contributed by atoms with Gasteiger partial charge in [-0.3, -0.25) is 4.98 Å². The largest absolute Gasteiger partial charge is 0.467 e. The van der Waals surface area contributed by atoms with Gasteiger partial charge in [-0.25, -0.2) is 0 Å². The lowest BCUT2D eigenvalue weighted by Gasteiger charge is -2.37. The number of thiocarbonyl (C=S) groups is 1. The van der Waals surface area contributed by atoms with E-state index in [2.05, 4.69) is 50.2 Å². The number of hydrogen-bond acceptors (Lipinski definition) is 3.